The van der Waals surface area contributed by atoms with Crippen LogP contribution in [0.5, 0.6) is 5.75 Å². The smallest absolute Gasteiger partial charge is 0.173 e. The highest BCUT2D eigenvalue weighted by molar-refractivity contribution is 9.10. The number of rotatable bonds is 4. The molecule has 0 saturated heterocycles. The Morgan fingerprint density at radius 2 is 2.17 bits per heavy atom. The van der Waals surface area contributed by atoms with Crippen LogP contribution in [0.4, 0.5) is 0 Å². The van der Waals surface area contributed by atoms with E-state index in [1.807, 2.05) is 25.1 Å². The molecule has 0 aromatic heterocycles. The highest BCUT2D eigenvalue weighted by Gasteiger charge is 2.36. The molecular formula is C18H21BrN2O2S. The number of Topliss-reactive ketones (excluding diaryl/α,β-unsaturated/α-hetero) is 1. The van der Waals surface area contributed by atoms with Crippen molar-refractivity contribution in [1.29, 1.82) is 0 Å². The molecule has 0 radical (unpaired) electrons. The number of benzene rings is 1. The molecule has 1 aromatic rings. The molecular weight excluding hydrogens is 388 g/mol. The molecule has 24 heavy (non-hydrogen) atoms. The van der Waals surface area contributed by atoms with E-state index < -0.39 is 0 Å². The van der Waals surface area contributed by atoms with Gasteiger partial charge in [-0.2, -0.15) is 0 Å². The lowest BCUT2D eigenvalue weighted by molar-refractivity contribution is -0.116. The van der Waals surface area contributed by atoms with Gasteiger partial charge in [0.15, 0.2) is 10.9 Å². The summed E-state index contributed by atoms with van der Waals surface area (Å²) in [4.78, 5) is 14.7. The van der Waals surface area contributed by atoms with Crippen LogP contribution >= 0.6 is 28.1 Å². The van der Waals surface area contributed by atoms with Crippen LogP contribution in [0.3, 0.4) is 0 Å². The summed E-state index contributed by atoms with van der Waals surface area (Å²) in [5.74, 6) is 1.03. The Morgan fingerprint density at radius 1 is 1.38 bits per heavy atom. The van der Waals surface area contributed by atoms with Crippen LogP contribution in [0.15, 0.2) is 33.9 Å². The number of carbonyl (C=O) groups is 1. The van der Waals surface area contributed by atoms with E-state index in [9.17, 15) is 4.79 Å². The van der Waals surface area contributed by atoms with Gasteiger partial charge in [0.05, 0.1) is 17.1 Å². The van der Waals surface area contributed by atoms with Gasteiger partial charge < -0.3 is 15.0 Å². The molecule has 0 fully saturated rings. The van der Waals surface area contributed by atoms with E-state index >= 15 is 0 Å². The van der Waals surface area contributed by atoms with Crippen molar-refractivity contribution < 1.29 is 9.53 Å². The van der Waals surface area contributed by atoms with E-state index in [0.29, 0.717) is 18.1 Å². The molecule has 0 bridgehead atoms. The van der Waals surface area contributed by atoms with E-state index in [2.05, 4.69) is 33.1 Å². The minimum Gasteiger partial charge on any atom is -0.493 e. The van der Waals surface area contributed by atoms with Gasteiger partial charge in [0.1, 0.15) is 5.75 Å². The Kier molecular flexibility index (Phi) is 5.25. The molecule has 128 valence electrons. The Bertz CT molecular complexity index is 717. The molecule has 1 aliphatic heterocycles. The number of allylic oxidation sites excluding steroid dienone is 1. The molecule has 0 saturated carbocycles. The maximum absolute atomic E-state index is 12.6. The van der Waals surface area contributed by atoms with Gasteiger partial charge in [0.2, 0.25) is 0 Å². The molecule has 1 atom stereocenters. The van der Waals surface area contributed by atoms with Crippen LogP contribution in [0.25, 0.3) is 0 Å². The third-order valence-electron chi connectivity index (χ3n) is 4.46. The summed E-state index contributed by atoms with van der Waals surface area (Å²) in [5.41, 5.74) is 2.98. The summed E-state index contributed by atoms with van der Waals surface area (Å²) in [6.07, 6.45) is 2.42. The van der Waals surface area contributed by atoms with Crippen LogP contribution in [0.2, 0.25) is 0 Å². The standard InChI is InChI=1S/C18H21BrN2O2S/c1-3-21-13-6-5-7-14(22)16(13)17(20-18(21)24)11-8-9-15(23-4-2)12(19)10-11/h8-10,17H,3-7H2,1-2H3,(H,20,24). The minimum atomic E-state index is -0.185. The summed E-state index contributed by atoms with van der Waals surface area (Å²) in [7, 11) is 0. The Hall–Kier alpha value is -1.40. The lowest BCUT2D eigenvalue weighted by atomic mass is 9.85. The first-order valence-corrected chi connectivity index (χ1v) is 9.53. The second-order valence-corrected chi connectivity index (χ2v) is 7.13. The van der Waals surface area contributed by atoms with Gasteiger partial charge >= 0.3 is 0 Å². The van der Waals surface area contributed by atoms with E-state index in [-0.39, 0.29) is 11.8 Å². The minimum absolute atomic E-state index is 0.185. The number of thiocarbonyl (C=S) groups is 1. The summed E-state index contributed by atoms with van der Waals surface area (Å²) >= 11 is 9.11. The van der Waals surface area contributed by atoms with Gasteiger partial charge in [-0.1, -0.05) is 6.07 Å². The lowest BCUT2D eigenvalue weighted by Gasteiger charge is -2.40. The monoisotopic (exact) mass is 408 g/mol. The first kappa shape index (κ1) is 17.4. The predicted octanol–water partition coefficient (Wildman–Crippen LogP) is 4.11. The fraction of sp³-hybridized carbons (Fsp3) is 0.444. The maximum atomic E-state index is 12.6. The Labute approximate surface area is 156 Å². The van der Waals surface area contributed by atoms with Gasteiger partial charge in [-0.25, -0.2) is 0 Å². The molecule has 4 nitrogen and oxygen atoms in total. The SMILES string of the molecule is CCOc1ccc(C2NC(=S)N(CC)C3=C2C(=O)CCC3)cc1Br. The van der Waals surface area contributed by atoms with Crippen molar-refractivity contribution in [2.45, 2.75) is 39.2 Å². The van der Waals surface area contributed by atoms with Crippen LogP contribution in [0, 0.1) is 0 Å². The van der Waals surface area contributed by atoms with Crippen molar-refractivity contribution in [1.82, 2.24) is 10.2 Å². The molecule has 3 rings (SSSR count). The highest BCUT2D eigenvalue weighted by atomic mass is 79.9. The molecule has 6 heteroatoms. The van der Waals surface area contributed by atoms with Crippen LogP contribution in [-0.4, -0.2) is 28.9 Å². The molecule has 1 heterocycles. The van der Waals surface area contributed by atoms with Gasteiger partial charge in [0, 0.05) is 24.2 Å². The van der Waals surface area contributed by atoms with E-state index in [0.717, 1.165) is 46.4 Å². The Balaban J connectivity index is 2.05. The molecule has 0 spiro atoms. The number of hydrogen-bond acceptors (Lipinski definition) is 3. The summed E-state index contributed by atoms with van der Waals surface area (Å²) in [6, 6.07) is 5.77. The second kappa shape index (κ2) is 7.23. The first-order chi connectivity index (χ1) is 11.6. The van der Waals surface area contributed by atoms with Crippen LogP contribution in [-0.2, 0) is 4.79 Å². The topological polar surface area (TPSA) is 41.6 Å². The van der Waals surface area contributed by atoms with Gasteiger partial charge in [-0.15, -0.1) is 0 Å². The second-order valence-electron chi connectivity index (χ2n) is 5.89. The van der Waals surface area contributed by atoms with Crippen molar-refractivity contribution in [3.05, 3.63) is 39.5 Å². The van der Waals surface area contributed by atoms with Gasteiger partial charge in [-0.3, -0.25) is 4.79 Å². The maximum Gasteiger partial charge on any atom is 0.173 e. The van der Waals surface area contributed by atoms with Crippen molar-refractivity contribution in [3.8, 4) is 5.75 Å². The molecule has 1 aromatic carbocycles. The predicted molar refractivity (Wildman–Crippen MR) is 102 cm³/mol. The third-order valence-corrected chi connectivity index (χ3v) is 5.42. The van der Waals surface area contributed by atoms with Crippen molar-refractivity contribution in [2.75, 3.05) is 13.2 Å². The van der Waals surface area contributed by atoms with Crippen molar-refractivity contribution in [3.63, 3.8) is 0 Å². The number of carbonyl (C=O) groups excluding carboxylic acids is 1. The summed E-state index contributed by atoms with van der Waals surface area (Å²) < 4.78 is 6.47. The molecule has 1 unspecified atom stereocenters. The zero-order chi connectivity index (χ0) is 17.3. The van der Waals surface area contributed by atoms with E-state index in [1.54, 1.807) is 0 Å². The molecule has 1 aliphatic carbocycles. The fourth-order valence-corrected chi connectivity index (χ4v) is 4.27. The summed E-state index contributed by atoms with van der Waals surface area (Å²) in [5, 5.41) is 4.05. The van der Waals surface area contributed by atoms with Crippen LogP contribution in [0.1, 0.15) is 44.7 Å². The molecule has 1 N–H and O–H groups in total. The quantitative estimate of drug-likeness (QED) is 0.759. The zero-order valence-corrected chi connectivity index (χ0v) is 16.3. The number of nitrogens with zero attached hydrogens (tertiary/aromatic N) is 1. The average Bonchev–Trinajstić information content (AvgIpc) is 2.56. The van der Waals surface area contributed by atoms with E-state index in [4.69, 9.17) is 17.0 Å². The summed E-state index contributed by atoms with van der Waals surface area (Å²) in [6.45, 7) is 5.41. The number of nitrogens with one attached hydrogen (secondary N) is 1. The molecule has 0 amide bonds. The normalized spacial score (nSPS) is 20.8. The van der Waals surface area contributed by atoms with Crippen molar-refractivity contribution >= 4 is 39.0 Å². The lowest BCUT2D eigenvalue weighted by Crippen LogP contribution is -2.49. The van der Waals surface area contributed by atoms with Crippen LogP contribution < -0.4 is 10.1 Å². The highest BCUT2D eigenvalue weighted by Crippen LogP contribution is 2.39. The number of ketones is 1. The number of halogens is 1. The molecule has 2 aliphatic rings. The van der Waals surface area contributed by atoms with E-state index in [1.165, 1.54) is 0 Å². The van der Waals surface area contributed by atoms with Crippen molar-refractivity contribution in [2.24, 2.45) is 0 Å². The zero-order valence-electron chi connectivity index (χ0n) is 13.9. The number of hydrogen-bond donors (Lipinski definition) is 1. The number of ether oxygens (including phenoxy) is 1. The average molecular weight is 409 g/mol. The third kappa shape index (κ3) is 3.09. The fourth-order valence-electron chi connectivity index (χ4n) is 3.40. The Morgan fingerprint density at radius 3 is 2.83 bits per heavy atom. The first-order valence-electron chi connectivity index (χ1n) is 8.33. The van der Waals surface area contributed by atoms with Gasteiger partial charge in [0.25, 0.3) is 0 Å². The van der Waals surface area contributed by atoms with Gasteiger partial charge in [-0.05, 0) is 72.5 Å². The largest absolute Gasteiger partial charge is 0.493 e.